The SMILES string of the molecule is Cc1ccc(Br)cc1Oc1ccc(Br)cc1CCl. The van der Waals surface area contributed by atoms with Crippen LogP contribution in [-0.4, -0.2) is 0 Å². The standard InChI is InChI=1S/C14H11Br2ClO/c1-9-2-3-12(16)7-14(9)18-13-5-4-11(15)6-10(13)8-17/h2-7H,8H2,1H3. The van der Waals surface area contributed by atoms with Gasteiger partial charge in [0.1, 0.15) is 11.5 Å². The quantitative estimate of drug-likeness (QED) is 0.580. The molecule has 4 heteroatoms. The van der Waals surface area contributed by atoms with Crippen molar-refractivity contribution in [2.45, 2.75) is 12.8 Å². The van der Waals surface area contributed by atoms with E-state index in [0.29, 0.717) is 5.88 Å². The van der Waals surface area contributed by atoms with E-state index in [1.54, 1.807) is 0 Å². The third-order valence-electron chi connectivity index (χ3n) is 2.54. The monoisotopic (exact) mass is 388 g/mol. The second-order valence-electron chi connectivity index (χ2n) is 3.90. The molecule has 0 aliphatic carbocycles. The first-order valence-electron chi connectivity index (χ1n) is 5.38. The third kappa shape index (κ3) is 3.28. The highest BCUT2D eigenvalue weighted by molar-refractivity contribution is 9.10. The van der Waals surface area contributed by atoms with Crippen LogP contribution in [0.15, 0.2) is 45.3 Å². The normalized spacial score (nSPS) is 10.4. The molecule has 18 heavy (non-hydrogen) atoms. The minimum absolute atomic E-state index is 0.418. The topological polar surface area (TPSA) is 9.23 Å². The van der Waals surface area contributed by atoms with Crippen LogP contribution >= 0.6 is 43.5 Å². The highest BCUT2D eigenvalue weighted by atomic mass is 79.9. The summed E-state index contributed by atoms with van der Waals surface area (Å²) in [5.74, 6) is 2.04. The molecule has 0 saturated carbocycles. The van der Waals surface area contributed by atoms with Crippen molar-refractivity contribution in [1.29, 1.82) is 0 Å². The fraction of sp³-hybridized carbons (Fsp3) is 0.143. The van der Waals surface area contributed by atoms with Gasteiger partial charge in [-0.3, -0.25) is 0 Å². The van der Waals surface area contributed by atoms with Crippen LogP contribution in [0.25, 0.3) is 0 Å². The lowest BCUT2D eigenvalue weighted by atomic mass is 10.2. The summed E-state index contributed by atoms with van der Waals surface area (Å²) in [6.45, 7) is 2.01. The number of hydrogen-bond donors (Lipinski definition) is 0. The molecule has 0 heterocycles. The van der Waals surface area contributed by atoms with Crippen LogP contribution in [0.3, 0.4) is 0 Å². The lowest BCUT2D eigenvalue weighted by molar-refractivity contribution is 0.474. The Kier molecular flexibility index (Phi) is 4.71. The molecular formula is C14H11Br2ClO. The molecular weight excluding hydrogens is 379 g/mol. The molecule has 0 unspecified atom stereocenters. The van der Waals surface area contributed by atoms with E-state index < -0.39 is 0 Å². The predicted octanol–water partition coefficient (Wildman–Crippen LogP) is 6.05. The Balaban J connectivity index is 2.36. The summed E-state index contributed by atoms with van der Waals surface area (Å²) in [6, 6.07) is 11.8. The highest BCUT2D eigenvalue weighted by Crippen LogP contribution is 2.32. The molecule has 0 aliphatic heterocycles. The Hall–Kier alpha value is -0.510. The van der Waals surface area contributed by atoms with Crippen LogP contribution in [0.1, 0.15) is 11.1 Å². The number of alkyl halides is 1. The van der Waals surface area contributed by atoms with Gasteiger partial charge in [0.05, 0.1) is 5.88 Å². The molecule has 0 atom stereocenters. The fourth-order valence-electron chi connectivity index (χ4n) is 1.55. The van der Waals surface area contributed by atoms with Gasteiger partial charge in [-0.2, -0.15) is 0 Å². The summed E-state index contributed by atoms with van der Waals surface area (Å²) in [7, 11) is 0. The molecule has 0 aromatic heterocycles. The minimum atomic E-state index is 0.418. The zero-order valence-corrected chi connectivity index (χ0v) is 13.6. The maximum absolute atomic E-state index is 5.93. The van der Waals surface area contributed by atoms with Gasteiger partial charge in [0.25, 0.3) is 0 Å². The first-order chi connectivity index (χ1) is 8.60. The van der Waals surface area contributed by atoms with E-state index in [0.717, 1.165) is 31.6 Å². The molecule has 94 valence electrons. The highest BCUT2D eigenvalue weighted by Gasteiger charge is 2.07. The van der Waals surface area contributed by atoms with Crippen molar-refractivity contribution in [2.24, 2.45) is 0 Å². The van der Waals surface area contributed by atoms with Crippen molar-refractivity contribution in [3.8, 4) is 11.5 Å². The Morgan fingerprint density at radius 2 is 1.67 bits per heavy atom. The minimum Gasteiger partial charge on any atom is -0.457 e. The van der Waals surface area contributed by atoms with Crippen molar-refractivity contribution in [3.63, 3.8) is 0 Å². The number of halogens is 3. The number of aryl methyl sites for hydroxylation is 1. The molecule has 0 N–H and O–H groups in total. The molecule has 2 aromatic carbocycles. The van der Waals surface area contributed by atoms with Gasteiger partial charge >= 0.3 is 0 Å². The summed E-state index contributed by atoms with van der Waals surface area (Å²) in [5, 5.41) is 0. The van der Waals surface area contributed by atoms with E-state index in [9.17, 15) is 0 Å². The Morgan fingerprint density at radius 3 is 2.39 bits per heavy atom. The molecule has 2 rings (SSSR count). The average Bonchev–Trinajstić information content (AvgIpc) is 2.36. The van der Waals surface area contributed by atoms with E-state index >= 15 is 0 Å². The summed E-state index contributed by atoms with van der Waals surface area (Å²) < 4.78 is 7.92. The van der Waals surface area contributed by atoms with Gasteiger partial charge < -0.3 is 4.74 Å². The van der Waals surface area contributed by atoms with E-state index in [1.807, 2.05) is 43.3 Å². The zero-order valence-electron chi connectivity index (χ0n) is 9.71. The van der Waals surface area contributed by atoms with Gasteiger partial charge in [-0.1, -0.05) is 37.9 Å². The third-order valence-corrected chi connectivity index (χ3v) is 3.81. The number of benzene rings is 2. The van der Waals surface area contributed by atoms with E-state index in [2.05, 4.69) is 31.9 Å². The number of hydrogen-bond acceptors (Lipinski definition) is 1. The predicted molar refractivity (Wildman–Crippen MR) is 82.7 cm³/mol. The summed E-state index contributed by atoms with van der Waals surface area (Å²) >= 11 is 12.8. The zero-order chi connectivity index (χ0) is 13.1. The molecule has 0 spiro atoms. The van der Waals surface area contributed by atoms with Crippen LogP contribution in [-0.2, 0) is 5.88 Å². The summed E-state index contributed by atoms with van der Waals surface area (Å²) in [5.41, 5.74) is 2.05. The van der Waals surface area contributed by atoms with E-state index in [4.69, 9.17) is 16.3 Å². The van der Waals surface area contributed by atoms with Gasteiger partial charge in [-0.25, -0.2) is 0 Å². The van der Waals surface area contributed by atoms with Crippen LogP contribution in [0, 0.1) is 6.92 Å². The lowest BCUT2D eigenvalue weighted by Gasteiger charge is -2.12. The number of rotatable bonds is 3. The van der Waals surface area contributed by atoms with Gasteiger partial charge in [0.15, 0.2) is 0 Å². The molecule has 1 nitrogen and oxygen atoms in total. The largest absolute Gasteiger partial charge is 0.457 e. The smallest absolute Gasteiger partial charge is 0.131 e. The maximum Gasteiger partial charge on any atom is 0.131 e. The van der Waals surface area contributed by atoms with Crippen molar-refractivity contribution in [3.05, 3.63) is 56.5 Å². The van der Waals surface area contributed by atoms with E-state index in [1.165, 1.54) is 0 Å². The molecule has 0 bridgehead atoms. The van der Waals surface area contributed by atoms with Gasteiger partial charge in [-0.05, 0) is 42.8 Å². The Labute approximate surface area is 128 Å². The van der Waals surface area contributed by atoms with E-state index in [-0.39, 0.29) is 0 Å². The van der Waals surface area contributed by atoms with Gasteiger partial charge in [0, 0.05) is 14.5 Å². The average molecular weight is 391 g/mol. The molecule has 0 saturated heterocycles. The molecule has 0 amide bonds. The summed E-state index contributed by atoms with van der Waals surface area (Å²) in [6.07, 6.45) is 0. The maximum atomic E-state index is 5.93. The lowest BCUT2D eigenvalue weighted by Crippen LogP contribution is -1.92. The van der Waals surface area contributed by atoms with Crippen molar-refractivity contribution in [2.75, 3.05) is 0 Å². The number of ether oxygens (including phenoxy) is 1. The van der Waals surface area contributed by atoms with Crippen LogP contribution in [0.2, 0.25) is 0 Å². The molecule has 0 radical (unpaired) electrons. The van der Waals surface area contributed by atoms with Crippen LogP contribution in [0.4, 0.5) is 0 Å². The Morgan fingerprint density at radius 1 is 1.00 bits per heavy atom. The van der Waals surface area contributed by atoms with Crippen LogP contribution in [0.5, 0.6) is 11.5 Å². The summed E-state index contributed by atoms with van der Waals surface area (Å²) in [4.78, 5) is 0. The van der Waals surface area contributed by atoms with Crippen molar-refractivity contribution in [1.82, 2.24) is 0 Å². The molecule has 0 aliphatic rings. The van der Waals surface area contributed by atoms with Gasteiger partial charge in [-0.15, -0.1) is 11.6 Å². The van der Waals surface area contributed by atoms with Crippen molar-refractivity contribution >= 4 is 43.5 Å². The second-order valence-corrected chi connectivity index (χ2v) is 6.00. The Bertz CT molecular complexity index is 570. The molecule has 0 fully saturated rings. The fourth-order valence-corrected chi connectivity index (χ4v) is 2.51. The van der Waals surface area contributed by atoms with Crippen molar-refractivity contribution < 1.29 is 4.74 Å². The first kappa shape index (κ1) is 13.9. The second kappa shape index (κ2) is 6.09. The first-order valence-corrected chi connectivity index (χ1v) is 7.50. The van der Waals surface area contributed by atoms with Gasteiger partial charge in [0.2, 0.25) is 0 Å². The van der Waals surface area contributed by atoms with Crippen LogP contribution < -0.4 is 4.74 Å². The molecule has 2 aromatic rings.